The standard InChI is InChI=1S/C29H31BClN5O11S2/c1-14(25(39)46-30)47-35-19(18-12-48-27(32-18)34-28(41)45-29(2,3)4)22(37)33-20-23(38)36-21(16(10-31)13-49(42)24(20)36)26(40)44-11-15-6-8-17(43-5)9-7-15/h6-9,12,14,20,24H,10-11,13H2,1-5H3,(H,33,37)(H,32,34,41)/b35-19-/t14-,20-,24-,49?/m1/s1. The Morgan fingerprint density at radius 2 is 1.92 bits per heavy atom. The molecule has 0 saturated carbocycles. The fraction of sp³-hybridized carbons (Fsp3) is 0.414. The zero-order valence-electron chi connectivity index (χ0n) is 26.8. The first-order valence-electron chi connectivity index (χ1n) is 14.4. The van der Waals surface area contributed by atoms with E-state index in [1.807, 2.05) is 0 Å². The summed E-state index contributed by atoms with van der Waals surface area (Å²) in [6.45, 7) is 6.12. The number of anilines is 1. The van der Waals surface area contributed by atoms with Crippen molar-refractivity contribution in [2.24, 2.45) is 5.16 Å². The third-order valence-electron chi connectivity index (χ3n) is 6.69. The van der Waals surface area contributed by atoms with Gasteiger partial charge in [-0.15, -0.1) is 22.9 Å². The van der Waals surface area contributed by atoms with Gasteiger partial charge in [0, 0.05) is 11.3 Å². The maximum Gasteiger partial charge on any atom is 0.413 e. The summed E-state index contributed by atoms with van der Waals surface area (Å²) >= 11 is 6.99. The van der Waals surface area contributed by atoms with E-state index in [1.54, 1.807) is 45.0 Å². The molecule has 1 aromatic heterocycles. The Labute approximate surface area is 293 Å². The van der Waals surface area contributed by atoms with E-state index in [2.05, 4.69) is 25.4 Å². The van der Waals surface area contributed by atoms with Gasteiger partial charge in [0.2, 0.25) is 6.10 Å². The molecule has 260 valence electrons. The van der Waals surface area contributed by atoms with Crippen LogP contribution in [0.4, 0.5) is 9.93 Å². The molecular formula is C29H31BClN5O11S2. The Bertz CT molecular complexity index is 1710. The van der Waals surface area contributed by atoms with E-state index in [-0.39, 0.29) is 40.3 Å². The second-order valence-corrected chi connectivity index (χ2v) is 14.0. The van der Waals surface area contributed by atoms with E-state index in [0.29, 0.717) is 11.3 Å². The number of fused-ring (bicyclic) bond motifs is 1. The molecule has 1 aromatic carbocycles. The van der Waals surface area contributed by atoms with Crippen LogP contribution >= 0.6 is 22.9 Å². The molecule has 20 heteroatoms. The van der Waals surface area contributed by atoms with Crippen LogP contribution in [0.25, 0.3) is 0 Å². The van der Waals surface area contributed by atoms with Gasteiger partial charge in [0.05, 0.1) is 23.7 Å². The van der Waals surface area contributed by atoms with Gasteiger partial charge in [-0.3, -0.25) is 24.0 Å². The minimum absolute atomic E-state index is 0.0231. The number of methoxy groups -OCH3 is 1. The van der Waals surface area contributed by atoms with Crippen molar-refractivity contribution in [2.45, 2.75) is 57.4 Å². The molecule has 0 aliphatic carbocycles. The van der Waals surface area contributed by atoms with Gasteiger partial charge in [0.1, 0.15) is 40.8 Å². The minimum atomic E-state index is -1.79. The summed E-state index contributed by atoms with van der Waals surface area (Å²) in [4.78, 5) is 74.5. The number of nitrogens with one attached hydrogen (secondary N) is 2. The summed E-state index contributed by atoms with van der Waals surface area (Å²) in [7, 11) is 4.62. The van der Waals surface area contributed by atoms with Crippen molar-refractivity contribution < 1.29 is 51.9 Å². The molecule has 4 atom stereocenters. The van der Waals surface area contributed by atoms with Crippen molar-refractivity contribution in [3.05, 3.63) is 52.2 Å². The zero-order valence-corrected chi connectivity index (χ0v) is 29.2. The highest BCUT2D eigenvalue weighted by atomic mass is 35.5. The average Bonchev–Trinajstić information content (AvgIpc) is 3.51. The second-order valence-electron chi connectivity index (χ2n) is 11.4. The van der Waals surface area contributed by atoms with Gasteiger partial charge in [0.25, 0.3) is 11.8 Å². The molecule has 16 nitrogen and oxygen atoms in total. The lowest BCUT2D eigenvalue weighted by Gasteiger charge is -2.49. The summed E-state index contributed by atoms with van der Waals surface area (Å²) in [6.07, 6.45) is -2.17. The highest BCUT2D eigenvalue weighted by molar-refractivity contribution is 7.86. The number of hydrogen-bond donors (Lipinski definition) is 2. The van der Waals surface area contributed by atoms with E-state index in [9.17, 15) is 28.2 Å². The number of alkyl halides is 1. The number of esters is 1. The minimum Gasteiger partial charge on any atom is -0.541 e. The third kappa shape index (κ3) is 8.95. The lowest BCUT2D eigenvalue weighted by molar-refractivity contribution is -0.153. The summed E-state index contributed by atoms with van der Waals surface area (Å²) < 4.78 is 33.2. The van der Waals surface area contributed by atoms with Crippen molar-refractivity contribution >= 4 is 82.5 Å². The Morgan fingerprint density at radius 3 is 2.53 bits per heavy atom. The molecule has 0 spiro atoms. The number of ether oxygens (including phenoxy) is 3. The monoisotopic (exact) mass is 735 g/mol. The first kappa shape index (κ1) is 37.3. The molecule has 2 aromatic rings. The zero-order chi connectivity index (χ0) is 36.0. The van der Waals surface area contributed by atoms with Crippen LogP contribution in [-0.4, -0.2) is 99.6 Å². The number of rotatable bonds is 12. The normalized spacial score (nSPS) is 19.6. The molecule has 4 rings (SSSR count). The van der Waals surface area contributed by atoms with E-state index < -0.39 is 69.5 Å². The van der Waals surface area contributed by atoms with E-state index >= 15 is 0 Å². The predicted octanol–water partition coefficient (Wildman–Crippen LogP) is 1.89. The Morgan fingerprint density at radius 1 is 1.22 bits per heavy atom. The SMILES string of the molecule is [B]OC(=O)[C@@H](C)O/N=C(\C(=O)N[C@@H]1C(=O)N2C(C(=O)OCc3ccc(OC)cc3)=C(CCl)CS(=O)[C@H]12)c1csc(NC(=O)OC(C)(C)C)n1. The molecule has 49 heavy (non-hydrogen) atoms. The quantitative estimate of drug-likeness (QED) is 0.0802. The molecule has 2 aliphatic rings. The molecule has 3 heterocycles. The molecular weight excluding hydrogens is 705 g/mol. The number of benzene rings is 1. The molecule has 2 radical (unpaired) electrons. The number of nitrogens with zero attached hydrogens (tertiary/aromatic N) is 3. The number of halogens is 1. The summed E-state index contributed by atoms with van der Waals surface area (Å²) in [5.41, 5.74) is -0.720. The maximum atomic E-state index is 13.6. The van der Waals surface area contributed by atoms with Gasteiger partial charge >= 0.3 is 26.1 Å². The number of β-lactam (4-membered cyclic amide) rings is 1. The third-order valence-corrected chi connectivity index (χ3v) is 9.43. The molecule has 3 amide bonds. The van der Waals surface area contributed by atoms with Gasteiger partial charge < -0.3 is 29.0 Å². The predicted molar refractivity (Wildman–Crippen MR) is 177 cm³/mol. The maximum absolute atomic E-state index is 13.6. The van der Waals surface area contributed by atoms with Crippen LogP contribution in [0.2, 0.25) is 0 Å². The summed E-state index contributed by atoms with van der Waals surface area (Å²) in [5.74, 6) is -3.41. The van der Waals surface area contributed by atoms with Crippen molar-refractivity contribution in [3.8, 4) is 5.75 Å². The van der Waals surface area contributed by atoms with Crippen molar-refractivity contribution in [3.63, 3.8) is 0 Å². The summed E-state index contributed by atoms with van der Waals surface area (Å²) in [6, 6.07) is 5.41. The lowest BCUT2D eigenvalue weighted by Crippen LogP contribution is -2.74. The number of hydrogen-bond acceptors (Lipinski definition) is 14. The van der Waals surface area contributed by atoms with Crippen LogP contribution in [0.3, 0.4) is 0 Å². The van der Waals surface area contributed by atoms with Crippen LogP contribution in [0.5, 0.6) is 5.75 Å². The molecule has 2 aliphatic heterocycles. The van der Waals surface area contributed by atoms with Crippen molar-refractivity contribution in [1.82, 2.24) is 15.2 Å². The number of carbonyl (C=O) groups is 5. The topological polar surface area (TPSA) is 201 Å². The first-order valence-corrected chi connectivity index (χ1v) is 17.2. The van der Waals surface area contributed by atoms with Crippen LogP contribution < -0.4 is 15.4 Å². The second kappa shape index (κ2) is 15.8. The van der Waals surface area contributed by atoms with Gasteiger partial charge in [0.15, 0.2) is 10.8 Å². The fourth-order valence-electron chi connectivity index (χ4n) is 4.40. The highest BCUT2D eigenvalue weighted by Crippen LogP contribution is 2.36. The molecule has 2 N–H and O–H groups in total. The molecule has 1 unspecified atom stereocenters. The van der Waals surface area contributed by atoms with Gasteiger partial charge in [-0.2, -0.15) is 0 Å². The Balaban J connectivity index is 1.53. The van der Waals surface area contributed by atoms with Gasteiger partial charge in [-0.1, -0.05) is 17.3 Å². The van der Waals surface area contributed by atoms with E-state index in [0.717, 1.165) is 16.2 Å². The average molecular weight is 736 g/mol. The van der Waals surface area contributed by atoms with Crippen LogP contribution in [0.1, 0.15) is 39.0 Å². The Hall–Kier alpha value is -4.49. The molecule has 1 fully saturated rings. The molecule has 0 bridgehead atoms. The van der Waals surface area contributed by atoms with E-state index in [1.165, 1.54) is 19.4 Å². The fourth-order valence-corrected chi connectivity index (χ4v) is 7.10. The number of aromatic nitrogens is 1. The highest BCUT2D eigenvalue weighted by Gasteiger charge is 2.57. The largest absolute Gasteiger partial charge is 0.541 e. The first-order chi connectivity index (χ1) is 23.2. The van der Waals surface area contributed by atoms with Gasteiger partial charge in [-0.25, -0.2) is 19.4 Å². The number of amides is 3. The van der Waals surface area contributed by atoms with Gasteiger partial charge in [-0.05, 0) is 51.0 Å². The number of carbonyl (C=O) groups excluding carboxylic acids is 5. The van der Waals surface area contributed by atoms with Crippen LogP contribution in [0.15, 0.2) is 46.1 Å². The number of thiazole rings is 1. The van der Waals surface area contributed by atoms with Crippen molar-refractivity contribution in [2.75, 3.05) is 24.1 Å². The Kier molecular flexibility index (Phi) is 12.1. The lowest BCUT2D eigenvalue weighted by atomic mass is 10.0. The van der Waals surface area contributed by atoms with Crippen LogP contribution in [-0.2, 0) is 55.6 Å². The molecule has 1 saturated heterocycles. The summed E-state index contributed by atoms with van der Waals surface area (Å²) in [5, 5.41) is 8.86. The number of oxime groups is 1. The van der Waals surface area contributed by atoms with Crippen LogP contribution in [0, 0.1) is 0 Å². The van der Waals surface area contributed by atoms with Crippen molar-refractivity contribution in [1.29, 1.82) is 0 Å². The van der Waals surface area contributed by atoms with E-state index in [4.69, 9.17) is 38.7 Å². The smallest absolute Gasteiger partial charge is 0.413 e.